The van der Waals surface area contributed by atoms with Crippen LogP contribution in [-0.4, -0.2) is 11.9 Å². The molecule has 3 rings (SSSR count). The Morgan fingerprint density at radius 1 is 1.44 bits per heavy atom. The fourth-order valence-electron chi connectivity index (χ4n) is 3.16. The second-order valence-electron chi connectivity index (χ2n) is 4.96. The summed E-state index contributed by atoms with van der Waals surface area (Å²) < 4.78 is 0. The molecular weight excluding hydrogens is 220 g/mol. The summed E-state index contributed by atoms with van der Waals surface area (Å²) >= 11 is 1.42. The maximum absolute atomic E-state index is 12.0. The monoisotopic (exact) mass is 236 g/mol. The smallest absolute Gasteiger partial charge is 0.263 e. The van der Waals surface area contributed by atoms with Crippen LogP contribution in [0.5, 0.6) is 0 Å². The summed E-state index contributed by atoms with van der Waals surface area (Å²) in [5.74, 6) is 1.59. The van der Waals surface area contributed by atoms with Gasteiger partial charge >= 0.3 is 0 Å². The Kier molecular flexibility index (Phi) is 2.39. The number of anilines is 1. The van der Waals surface area contributed by atoms with E-state index in [9.17, 15) is 4.79 Å². The van der Waals surface area contributed by atoms with Gasteiger partial charge in [-0.1, -0.05) is 6.42 Å². The first kappa shape index (κ1) is 10.1. The summed E-state index contributed by atoms with van der Waals surface area (Å²) in [6.45, 7) is 0. The summed E-state index contributed by atoms with van der Waals surface area (Å²) in [5.41, 5.74) is 6.34. The molecule has 2 aliphatic carbocycles. The molecular formula is C12H16N2OS. The SMILES string of the molecule is Nc1ccsc1C(=O)NC1CC2CCC1C2. The van der Waals surface area contributed by atoms with Gasteiger partial charge in [0.1, 0.15) is 4.88 Å². The number of nitrogens with two attached hydrogens (primary N) is 1. The van der Waals surface area contributed by atoms with Gasteiger partial charge in [-0.15, -0.1) is 11.3 Å². The Bertz CT molecular complexity index is 415. The van der Waals surface area contributed by atoms with Gasteiger partial charge in [0.15, 0.2) is 0 Å². The van der Waals surface area contributed by atoms with Crippen LogP contribution in [0, 0.1) is 11.8 Å². The third-order valence-electron chi connectivity index (χ3n) is 3.96. The number of amides is 1. The Balaban J connectivity index is 1.67. The number of carbonyl (C=O) groups excluding carboxylic acids is 1. The van der Waals surface area contributed by atoms with Crippen LogP contribution in [0.15, 0.2) is 11.4 Å². The van der Waals surface area contributed by atoms with E-state index in [-0.39, 0.29) is 5.91 Å². The molecule has 16 heavy (non-hydrogen) atoms. The number of rotatable bonds is 2. The molecule has 0 aromatic carbocycles. The molecule has 86 valence electrons. The van der Waals surface area contributed by atoms with Gasteiger partial charge in [0, 0.05) is 6.04 Å². The highest BCUT2D eigenvalue weighted by Gasteiger charge is 2.40. The minimum absolute atomic E-state index is 0.0186. The van der Waals surface area contributed by atoms with Crippen molar-refractivity contribution in [2.75, 3.05) is 5.73 Å². The van der Waals surface area contributed by atoms with E-state index in [1.54, 1.807) is 6.07 Å². The van der Waals surface area contributed by atoms with Gasteiger partial charge in [-0.25, -0.2) is 0 Å². The predicted octanol–water partition coefficient (Wildman–Crippen LogP) is 2.25. The third kappa shape index (κ3) is 1.61. The van der Waals surface area contributed by atoms with Crippen molar-refractivity contribution in [3.05, 3.63) is 16.3 Å². The molecule has 1 aromatic rings. The molecule has 2 bridgehead atoms. The molecule has 2 fully saturated rings. The second kappa shape index (κ2) is 3.77. The highest BCUT2D eigenvalue weighted by Crippen LogP contribution is 2.44. The molecule has 0 saturated heterocycles. The Hall–Kier alpha value is -1.03. The maximum atomic E-state index is 12.0. The molecule has 0 aliphatic heterocycles. The van der Waals surface area contributed by atoms with Crippen LogP contribution in [0.3, 0.4) is 0 Å². The lowest BCUT2D eigenvalue weighted by Gasteiger charge is -2.22. The Labute approximate surface area is 99.0 Å². The highest BCUT2D eigenvalue weighted by atomic mass is 32.1. The molecule has 3 nitrogen and oxygen atoms in total. The summed E-state index contributed by atoms with van der Waals surface area (Å²) in [6.07, 6.45) is 5.13. The van der Waals surface area contributed by atoms with Gasteiger partial charge in [-0.05, 0) is 42.5 Å². The molecule has 1 aromatic heterocycles. The van der Waals surface area contributed by atoms with Crippen molar-refractivity contribution in [1.82, 2.24) is 5.32 Å². The van der Waals surface area contributed by atoms with Crippen molar-refractivity contribution >= 4 is 22.9 Å². The normalized spacial score (nSPS) is 31.9. The fraction of sp³-hybridized carbons (Fsp3) is 0.583. The quantitative estimate of drug-likeness (QED) is 0.827. The third-order valence-corrected chi connectivity index (χ3v) is 4.89. The van der Waals surface area contributed by atoms with Crippen molar-refractivity contribution in [3.8, 4) is 0 Å². The van der Waals surface area contributed by atoms with Crippen molar-refractivity contribution in [2.45, 2.75) is 31.7 Å². The Morgan fingerprint density at radius 2 is 2.31 bits per heavy atom. The lowest BCUT2D eigenvalue weighted by Crippen LogP contribution is -2.38. The van der Waals surface area contributed by atoms with E-state index in [1.807, 2.05) is 5.38 Å². The van der Waals surface area contributed by atoms with E-state index in [0.29, 0.717) is 16.6 Å². The molecule has 1 amide bonds. The summed E-state index contributed by atoms with van der Waals surface area (Å²) in [4.78, 5) is 12.6. The van der Waals surface area contributed by atoms with Gasteiger partial charge in [-0.3, -0.25) is 4.79 Å². The average molecular weight is 236 g/mol. The molecule has 3 atom stereocenters. The first-order valence-corrected chi connectivity index (χ1v) is 6.76. The number of nitrogens with one attached hydrogen (secondary N) is 1. The highest BCUT2D eigenvalue weighted by molar-refractivity contribution is 7.12. The average Bonchev–Trinajstić information content (AvgIpc) is 2.92. The summed E-state index contributed by atoms with van der Waals surface area (Å²) in [5, 5.41) is 5.01. The van der Waals surface area contributed by atoms with E-state index in [1.165, 1.54) is 37.0 Å². The fourth-order valence-corrected chi connectivity index (χ4v) is 3.88. The number of carbonyl (C=O) groups is 1. The van der Waals surface area contributed by atoms with Crippen molar-refractivity contribution in [2.24, 2.45) is 11.8 Å². The van der Waals surface area contributed by atoms with Crippen LogP contribution in [0.25, 0.3) is 0 Å². The molecule has 4 heteroatoms. The number of thiophene rings is 1. The second-order valence-corrected chi connectivity index (χ2v) is 5.88. The zero-order valence-electron chi connectivity index (χ0n) is 9.11. The van der Waals surface area contributed by atoms with E-state index < -0.39 is 0 Å². The lowest BCUT2D eigenvalue weighted by atomic mass is 9.95. The maximum Gasteiger partial charge on any atom is 0.263 e. The van der Waals surface area contributed by atoms with Crippen LogP contribution >= 0.6 is 11.3 Å². The van der Waals surface area contributed by atoms with Crippen LogP contribution in [0.1, 0.15) is 35.4 Å². The van der Waals surface area contributed by atoms with Crippen LogP contribution in [-0.2, 0) is 0 Å². The standard InChI is InChI=1S/C12H16N2OS/c13-9-3-4-16-11(9)12(15)14-10-6-7-1-2-8(10)5-7/h3-4,7-8,10H,1-2,5-6,13H2,(H,14,15). The first-order valence-electron chi connectivity index (χ1n) is 5.88. The summed E-state index contributed by atoms with van der Waals surface area (Å²) in [6, 6.07) is 2.19. The van der Waals surface area contributed by atoms with E-state index in [4.69, 9.17) is 5.73 Å². The molecule has 2 aliphatic rings. The topological polar surface area (TPSA) is 55.1 Å². The molecule has 0 radical (unpaired) electrons. The predicted molar refractivity (Wildman–Crippen MR) is 65.4 cm³/mol. The van der Waals surface area contributed by atoms with Gasteiger partial charge < -0.3 is 11.1 Å². The van der Waals surface area contributed by atoms with Crippen LogP contribution in [0.4, 0.5) is 5.69 Å². The van der Waals surface area contributed by atoms with Gasteiger partial charge in [-0.2, -0.15) is 0 Å². The van der Waals surface area contributed by atoms with Gasteiger partial charge in [0.2, 0.25) is 0 Å². The number of nitrogen functional groups attached to an aromatic ring is 1. The van der Waals surface area contributed by atoms with Crippen molar-refractivity contribution in [1.29, 1.82) is 0 Å². The van der Waals surface area contributed by atoms with Gasteiger partial charge in [0.25, 0.3) is 5.91 Å². The van der Waals surface area contributed by atoms with Crippen LogP contribution < -0.4 is 11.1 Å². The van der Waals surface area contributed by atoms with Crippen LogP contribution in [0.2, 0.25) is 0 Å². The molecule has 3 N–H and O–H groups in total. The van der Waals surface area contributed by atoms with E-state index in [0.717, 1.165) is 11.8 Å². The number of hydrogen-bond donors (Lipinski definition) is 2. The zero-order valence-corrected chi connectivity index (χ0v) is 9.93. The number of fused-ring (bicyclic) bond motifs is 2. The van der Waals surface area contributed by atoms with Crippen molar-refractivity contribution < 1.29 is 4.79 Å². The minimum atomic E-state index is 0.0186. The molecule has 1 heterocycles. The van der Waals surface area contributed by atoms with E-state index in [2.05, 4.69) is 5.32 Å². The zero-order chi connectivity index (χ0) is 11.1. The molecule has 0 spiro atoms. The Morgan fingerprint density at radius 3 is 2.88 bits per heavy atom. The first-order chi connectivity index (χ1) is 7.74. The molecule has 3 unspecified atom stereocenters. The molecule has 2 saturated carbocycles. The lowest BCUT2D eigenvalue weighted by molar-refractivity contribution is 0.0928. The van der Waals surface area contributed by atoms with Crippen molar-refractivity contribution in [3.63, 3.8) is 0 Å². The summed E-state index contributed by atoms with van der Waals surface area (Å²) in [7, 11) is 0. The minimum Gasteiger partial charge on any atom is -0.397 e. The largest absolute Gasteiger partial charge is 0.397 e. The number of hydrogen-bond acceptors (Lipinski definition) is 3. The van der Waals surface area contributed by atoms with E-state index >= 15 is 0 Å². The van der Waals surface area contributed by atoms with Gasteiger partial charge in [0.05, 0.1) is 5.69 Å².